The Balaban J connectivity index is 1.53. The van der Waals surface area contributed by atoms with Crippen LogP contribution < -0.4 is 5.32 Å². The van der Waals surface area contributed by atoms with Crippen molar-refractivity contribution in [3.63, 3.8) is 0 Å². The van der Waals surface area contributed by atoms with Gasteiger partial charge in [-0.1, -0.05) is 30.3 Å². The summed E-state index contributed by atoms with van der Waals surface area (Å²) in [7, 11) is 0. The van der Waals surface area contributed by atoms with E-state index in [0.29, 0.717) is 38.1 Å². The summed E-state index contributed by atoms with van der Waals surface area (Å²) in [5.74, 6) is 0. The minimum Gasteiger partial charge on any atom is -0.373 e. The second-order valence-electron chi connectivity index (χ2n) is 10.5. The van der Waals surface area contributed by atoms with Gasteiger partial charge in [-0.05, 0) is 68.9 Å². The molecule has 0 unspecified atom stereocenters. The first-order valence-electron chi connectivity index (χ1n) is 12.2. The topological polar surface area (TPSA) is 41.6 Å². The molecule has 0 bridgehead atoms. The van der Waals surface area contributed by atoms with Crippen LogP contribution in [-0.2, 0) is 22.5 Å². The fourth-order valence-corrected chi connectivity index (χ4v) is 5.56. The first-order chi connectivity index (χ1) is 17.2. The van der Waals surface area contributed by atoms with Gasteiger partial charge in [-0.3, -0.25) is 0 Å². The highest BCUT2D eigenvalue weighted by molar-refractivity contribution is 5.75. The Labute approximate surface area is 212 Å². The van der Waals surface area contributed by atoms with Crippen LogP contribution in [-0.4, -0.2) is 36.2 Å². The molecule has 202 valence electrons. The van der Waals surface area contributed by atoms with Crippen LogP contribution >= 0.6 is 0 Å². The standard InChI is InChI=1S/C27H30F6N2O2/c1-18(19-12-21(26(28,29)30)14-22(13-19)27(31,32)33)37-17-25(20-8-4-3-5-9-20)15-24(2,16-25)34-23(36)35-10-6-7-11-35/h3-5,8-9,12-14,18H,6-7,10-11,15-17H2,1-2H3,(H,34,36)/t18-,24?,25?/m1/s1. The van der Waals surface area contributed by atoms with Gasteiger partial charge in [0.1, 0.15) is 0 Å². The lowest BCUT2D eigenvalue weighted by Crippen LogP contribution is -2.65. The quantitative estimate of drug-likeness (QED) is 0.407. The maximum absolute atomic E-state index is 13.3. The summed E-state index contributed by atoms with van der Waals surface area (Å²) >= 11 is 0. The highest BCUT2D eigenvalue weighted by Crippen LogP contribution is 2.51. The Kier molecular flexibility index (Phi) is 7.27. The number of urea groups is 1. The van der Waals surface area contributed by atoms with Crippen LogP contribution in [0.25, 0.3) is 0 Å². The van der Waals surface area contributed by atoms with Gasteiger partial charge in [0.25, 0.3) is 0 Å². The average molecular weight is 529 g/mol. The SMILES string of the molecule is C[C@@H](OCC1(c2ccccc2)CC(C)(NC(=O)N2CCCC2)C1)c1cc(C(F)(F)F)cc(C(F)(F)F)c1. The Morgan fingerprint density at radius 3 is 2.03 bits per heavy atom. The lowest BCUT2D eigenvalue weighted by molar-refractivity contribution is -0.143. The largest absolute Gasteiger partial charge is 0.416 e. The van der Waals surface area contributed by atoms with E-state index in [9.17, 15) is 31.1 Å². The lowest BCUT2D eigenvalue weighted by atomic mass is 9.55. The minimum atomic E-state index is -4.93. The highest BCUT2D eigenvalue weighted by Gasteiger charge is 2.54. The maximum atomic E-state index is 13.3. The van der Waals surface area contributed by atoms with Gasteiger partial charge in [0.2, 0.25) is 0 Å². The fraction of sp³-hybridized carbons (Fsp3) is 0.519. The van der Waals surface area contributed by atoms with E-state index in [1.165, 1.54) is 6.92 Å². The molecule has 2 amide bonds. The van der Waals surface area contributed by atoms with Gasteiger partial charge in [0, 0.05) is 24.0 Å². The third kappa shape index (κ3) is 6.05. The van der Waals surface area contributed by atoms with Gasteiger partial charge in [-0.25, -0.2) is 4.79 Å². The number of likely N-dealkylation sites (tertiary alicyclic amines) is 1. The van der Waals surface area contributed by atoms with Gasteiger partial charge in [0.05, 0.1) is 23.8 Å². The number of hydrogen-bond acceptors (Lipinski definition) is 2. The summed E-state index contributed by atoms with van der Waals surface area (Å²) < 4.78 is 85.9. The molecule has 4 rings (SSSR count). The number of benzene rings is 2. The number of nitrogens with one attached hydrogen (secondary N) is 1. The van der Waals surface area contributed by atoms with Crippen LogP contribution in [0.5, 0.6) is 0 Å². The molecule has 2 aromatic carbocycles. The van der Waals surface area contributed by atoms with Crippen molar-refractivity contribution in [1.29, 1.82) is 0 Å². The van der Waals surface area contributed by atoms with E-state index in [0.717, 1.165) is 18.4 Å². The van der Waals surface area contributed by atoms with E-state index in [4.69, 9.17) is 4.74 Å². The van der Waals surface area contributed by atoms with Gasteiger partial charge in [-0.2, -0.15) is 26.3 Å². The second-order valence-corrected chi connectivity index (χ2v) is 10.5. The number of rotatable bonds is 6. The Morgan fingerprint density at radius 2 is 1.51 bits per heavy atom. The zero-order valence-corrected chi connectivity index (χ0v) is 20.7. The van der Waals surface area contributed by atoms with E-state index >= 15 is 0 Å². The van der Waals surface area contributed by atoms with Gasteiger partial charge in [0.15, 0.2) is 0 Å². The maximum Gasteiger partial charge on any atom is 0.416 e. The number of carbonyl (C=O) groups excluding carboxylic acids is 1. The van der Waals surface area contributed by atoms with Crippen LogP contribution in [0.3, 0.4) is 0 Å². The van der Waals surface area contributed by atoms with Crippen LogP contribution in [0.2, 0.25) is 0 Å². The predicted molar refractivity (Wildman–Crippen MR) is 126 cm³/mol. The summed E-state index contributed by atoms with van der Waals surface area (Å²) in [6.07, 6.45) is -7.89. The van der Waals surface area contributed by atoms with Crippen molar-refractivity contribution in [2.45, 2.75) is 68.9 Å². The molecule has 2 fully saturated rings. The molecule has 0 spiro atoms. The van der Waals surface area contributed by atoms with E-state index in [2.05, 4.69) is 5.32 Å². The van der Waals surface area contributed by atoms with E-state index in [-0.39, 0.29) is 24.3 Å². The Morgan fingerprint density at radius 1 is 0.973 bits per heavy atom. The average Bonchev–Trinajstić information content (AvgIpc) is 3.35. The molecule has 1 saturated heterocycles. The van der Waals surface area contributed by atoms with Crippen LogP contribution in [0.4, 0.5) is 31.1 Å². The Hall–Kier alpha value is -2.75. The van der Waals surface area contributed by atoms with E-state index in [1.54, 1.807) is 4.90 Å². The summed E-state index contributed by atoms with van der Waals surface area (Å²) in [5.41, 5.74) is -3.05. The van der Waals surface area contributed by atoms with Crippen LogP contribution in [0.1, 0.15) is 67.9 Å². The summed E-state index contributed by atoms with van der Waals surface area (Å²) in [5, 5.41) is 3.11. The summed E-state index contributed by atoms with van der Waals surface area (Å²) in [6, 6.07) is 10.8. The summed E-state index contributed by atoms with van der Waals surface area (Å²) in [4.78, 5) is 14.5. The number of nitrogens with zero attached hydrogens (tertiary/aromatic N) is 1. The summed E-state index contributed by atoms with van der Waals surface area (Å²) in [6.45, 7) is 4.88. The molecule has 37 heavy (non-hydrogen) atoms. The number of alkyl halides is 6. The highest BCUT2D eigenvalue weighted by atomic mass is 19.4. The first kappa shape index (κ1) is 27.3. The fourth-order valence-electron chi connectivity index (χ4n) is 5.56. The molecule has 0 radical (unpaired) electrons. The zero-order valence-electron chi connectivity index (χ0n) is 20.7. The minimum absolute atomic E-state index is 0.0744. The number of carbonyl (C=O) groups is 1. The third-order valence-corrected chi connectivity index (χ3v) is 7.33. The van der Waals surface area contributed by atoms with Crippen molar-refractivity contribution in [3.8, 4) is 0 Å². The molecule has 1 N–H and O–H groups in total. The van der Waals surface area contributed by atoms with E-state index < -0.39 is 40.5 Å². The molecule has 1 aliphatic carbocycles. The molecule has 2 aliphatic rings. The molecular formula is C27H30F6N2O2. The molecule has 10 heteroatoms. The van der Waals surface area contributed by atoms with Crippen molar-refractivity contribution < 1.29 is 35.9 Å². The molecule has 1 heterocycles. The third-order valence-electron chi connectivity index (χ3n) is 7.33. The van der Waals surface area contributed by atoms with Gasteiger partial charge in [-0.15, -0.1) is 0 Å². The zero-order chi connectivity index (χ0) is 27.1. The Bertz CT molecular complexity index is 1070. The lowest BCUT2D eigenvalue weighted by Gasteiger charge is -2.55. The molecule has 4 nitrogen and oxygen atoms in total. The van der Waals surface area contributed by atoms with Crippen molar-refractivity contribution in [1.82, 2.24) is 10.2 Å². The monoisotopic (exact) mass is 528 g/mol. The normalized spacial score (nSPS) is 25.0. The molecular weight excluding hydrogens is 498 g/mol. The smallest absolute Gasteiger partial charge is 0.373 e. The predicted octanol–water partition coefficient (Wildman–Crippen LogP) is 7.10. The molecule has 1 aliphatic heterocycles. The van der Waals surface area contributed by atoms with Crippen LogP contribution in [0.15, 0.2) is 48.5 Å². The van der Waals surface area contributed by atoms with Crippen molar-refractivity contribution in [2.24, 2.45) is 0 Å². The number of ether oxygens (including phenoxy) is 1. The van der Waals surface area contributed by atoms with Crippen molar-refractivity contribution in [2.75, 3.05) is 19.7 Å². The molecule has 1 saturated carbocycles. The second kappa shape index (κ2) is 9.85. The van der Waals surface area contributed by atoms with Gasteiger partial charge >= 0.3 is 18.4 Å². The molecule has 1 atom stereocenters. The van der Waals surface area contributed by atoms with Crippen molar-refractivity contribution in [3.05, 3.63) is 70.8 Å². The number of hydrogen-bond donors (Lipinski definition) is 1. The number of halogens is 6. The van der Waals surface area contributed by atoms with Crippen molar-refractivity contribution >= 4 is 6.03 Å². The number of amides is 2. The molecule has 0 aromatic heterocycles. The van der Waals surface area contributed by atoms with Crippen LogP contribution in [0, 0.1) is 0 Å². The first-order valence-corrected chi connectivity index (χ1v) is 12.2. The van der Waals surface area contributed by atoms with Gasteiger partial charge < -0.3 is 15.0 Å². The van der Waals surface area contributed by atoms with E-state index in [1.807, 2.05) is 37.3 Å². The molecule has 2 aromatic rings.